The number of carbonyl (C=O) groups excluding carboxylic acids is 1. The summed E-state index contributed by atoms with van der Waals surface area (Å²) in [6.07, 6.45) is 2.96. The van der Waals surface area contributed by atoms with Gasteiger partial charge in [0.2, 0.25) is 11.7 Å². The van der Waals surface area contributed by atoms with Gasteiger partial charge in [0.1, 0.15) is 6.10 Å². The van der Waals surface area contributed by atoms with Crippen LogP contribution in [0.4, 0.5) is 0 Å². The number of amides is 1. The summed E-state index contributed by atoms with van der Waals surface area (Å²) < 4.78 is 22.4. The van der Waals surface area contributed by atoms with Crippen molar-refractivity contribution >= 4 is 5.91 Å². The number of rotatable bonds is 6. The molecule has 2 heterocycles. The molecule has 1 aromatic carbocycles. The predicted molar refractivity (Wildman–Crippen MR) is 101 cm³/mol. The molecule has 7 heteroatoms. The summed E-state index contributed by atoms with van der Waals surface area (Å²) in [4.78, 5) is 15.0. The molecule has 0 aliphatic carbocycles. The average Bonchev–Trinajstić information content (AvgIpc) is 2.74. The third-order valence-corrected chi connectivity index (χ3v) is 5.69. The number of likely N-dealkylation sites (tertiary alicyclic amines) is 1. The Morgan fingerprint density at radius 2 is 1.78 bits per heavy atom. The Morgan fingerprint density at radius 1 is 1.19 bits per heavy atom. The Bertz CT molecular complexity index is 615. The second-order valence-corrected chi connectivity index (χ2v) is 7.20. The molecule has 2 N–H and O–H groups in total. The third kappa shape index (κ3) is 4.14. The largest absolute Gasteiger partial charge is 0.493 e. The van der Waals surface area contributed by atoms with Gasteiger partial charge in [-0.1, -0.05) is 6.07 Å². The Labute approximate surface area is 160 Å². The zero-order valence-electron chi connectivity index (χ0n) is 16.2. The number of piperidine rings is 1. The maximum Gasteiger partial charge on any atom is 0.230 e. The van der Waals surface area contributed by atoms with Crippen molar-refractivity contribution in [2.24, 2.45) is 11.1 Å². The van der Waals surface area contributed by atoms with Gasteiger partial charge in [0.15, 0.2) is 11.5 Å². The van der Waals surface area contributed by atoms with Crippen LogP contribution in [-0.4, -0.2) is 64.0 Å². The van der Waals surface area contributed by atoms with E-state index in [0.717, 1.165) is 12.8 Å². The first-order valence-corrected chi connectivity index (χ1v) is 9.58. The minimum atomic E-state index is -0.461. The van der Waals surface area contributed by atoms with E-state index < -0.39 is 5.41 Å². The predicted octanol–water partition coefficient (Wildman–Crippen LogP) is 1.83. The SMILES string of the molecule is COc1cccc(OC)c1OC1CCN(C(=O)C2(CN)CCOCC2)CC1. The molecule has 3 rings (SSSR count). The second-order valence-electron chi connectivity index (χ2n) is 7.20. The third-order valence-electron chi connectivity index (χ3n) is 5.69. The zero-order chi connectivity index (χ0) is 19.3. The number of ether oxygens (including phenoxy) is 4. The Morgan fingerprint density at radius 3 is 2.30 bits per heavy atom. The van der Waals surface area contributed by atoms with Crippen molar-refractivity contribution in [3.8, 4) is 17.2 Å². The van der Waals surface area contributed by atoms with E-state index in [-0.39, 0.29) is 12.0 Å². The van der Waals surface area contributed by atoms with Crippen LogP contribution in [0.3, 0.4) is 0 Å². The molecule has 0 aromatic heterocycles. The van der Waals surface area contributed by atoms with Gasteiger partial charge in [0.25, 0.3) is 0 Å². The fourth-order valence-electron chi connectivity index (χ4n) is 3.88. The highest BCUT2D eigenvalue weighted by Crippen LogP contribution is 2.39. The fraction of sp³-hybridized carbons (Fsp3) is 0.650. The lowest BCUT2D eigenvalue weighted by molar-refractivity contribution is -0.149. The van der Waals surface area contributed by atoms with E-state index in [0.29, 0.717) is 62.9 Å². The summed E-state index contributed by atoms with van der Waals surface area (Å²) in [6, 6.07) is 5.57. The summed E-state index contributed by atoms with van der Waals surface area (Å²) >= 11 is 0. The van der Waals surface area contributed by atoms with Crippen LogP contribution in [0.25, 0.3) is 0 Å². The molecular weight excluding hydrogens is 348 g/mol. The summed E-state index contributed by atoms with van der Waals surface area (Å²) in [5.41, 5.74) is 5.52. The molecule has 0 bridgehead atoms. The van der Waals surface area contributed by atoms with Gasteiger partial charge in [-0.25, -0.2) is 0 Å². The van der Waals surface area contributed by atoms with Crippen LogP contribution in [0.15, 0.2) is 18.2 Å². The van der Waals surface area contributed by atoms with Crippen molar-refractivity contribution in [2.75, 3.05) is 47.1 Å². The molecule has 2 aliphatic rings. The minimum Gasteiger partial charge on any atom is -0.493 e. The number of hydrogen-bond donors (Lipinski definition) is 1. The lowest BCUT2D eigenvalue weighted by Crippen LogP contribution is -2.53. The second kappa shape index (κ2) is 8.80. The van der Waals surface area contributed by atoms with E-state index in [2.05, 4.69) is 0 Å². The van der Waals surface area contributed by atoms with Gasteiger partial charge in [-0.2, -0.15) is 0 Å². The lowest BCUT2D eigenvalue weighted by Gasteiger charge is -2.41. The van der Waals surface area contributed by atoms with Crippen molar-refractivity contribution in [3.05, 3.63) is 18.2 Å². The molecule has 2 fully saturated rings. The number of para-hydroxylation sites is 1. The van der Waals surface area contributed by atoms with E-state index in [1.807, 2.05) is 23.1 Å². The van der Waals surface area contributed by atoms with E-state index in [1.165, 1.54) is 0 Å². The molecule has 0 spiro atoms. The van der Waals surface area contributed by atoms with E-state index >= 15 is 0 Å². The standard InChI is InChI=1S/C20H30N2O5/c1-24-16-4-3-5-17(25-2)18(16)27-15-6-10-22(11-7-15)19(23)20(14-21)8-12-26-13-9-20/h3-5,15H,6-14,21H2,1-2H3. The number of methoxy groups -OCH3 is 2. The van der Waals surface area contributed by atoms with Crippen molar-refractivity contribution in [1.82, 2.24) is 4.90 Å². The first-order valence-electron chi connectivity index (χ1n) is 9.58. The maximum absolute atomic E-state index is 13.1. The first kappa shape index (κ1) is 19.8. The van der Waals surface area contributed by atoms with E-state index in [9.17, 15) is 4.79 Å². The number of benzene rings is 1. The monoisotopic (exact) mass is 378 g/mol. The zero-order valence-corrected chi connectivity index (χ0v) is 16.2. The first-order chi connectivity index (χ1) is 13.1. The van der Waals surface area contributed by atoms with Crippen LogP contribution < -0.4 is 19.9 Å². The van der Waals surface area contributed by atoms with Crippen LogP contribution in [0.5, 0.6) is 17.2 Å². The molecule has 0 saturated carbocycles. The molecule has 0 radical (unpaired) electrons. The lowest BCUT2D eigenvalue weighted by atomic mass is 9.78. The molecule has 0 atom stereocenters. The van der Waals surface area contributed by atoms with Crippen LogP contribution in [0.2, 0.25) is 0 Å². The quantitative estimate of drug-likeness (QED) is 0.813. The minimum absolute atomic E-state index is 0.0164. The van der Waals surface area contributed by atoms with Gasteiger partial charge in [0.05, 0.1) is 19.6 Å². The summed E-state index contributed by atoms with van der Waals surface area (Å²) in [6.45, 7) is 2.93. The van der Waals surface area contributed by atoms with Crippen molar-refractivity contribution in [1.29, 1.82) is 0 Å². The molecule has 27 heavy (non-hydrogen) atoms. The summed E-state index contributed by atoms with van der Waals surface area (Å²) in [7, 11) is 3.23. The number of nitrogens with two attached hydrogens (primary N) is 1. The van der Waals surface area contributed by atoms with Gasteiger partial charge in [-0.05, 0) is 25.0 Å². The molecule has 1 aromatic rings. The maximum atomic E-state index is 13.1. The molecule has 0 unspecified atom stereocenters. The van der Waals surface area contributed by atoms with Crippen LogP contribution in [0, 0.1) is 5.41 Å². The highest BCUT2D eigenvalue weighted by molar-refractivity contribution is 5.83. The molecule has 2 saturated heterocycles. The highest BCUT2D eigenvalue weighted by atomic mass is 16.5. The van der Waals surface area contributed by atoms with Gasteiger partial charge >= 0.3 is 0 Å². The van der Waals surface area contributed by atoms with Gasteiger partial charge in [-0.3, -0.25) is 4.79 Å². The smallest absolute Gasteiger partial charge is 0.230 e. The van der Waals surface area contributed by atoms with Gasteiger partial charge < -0.3 is 29.6 Å². The Kier molecular flexibility index (Phi) is 6.44. The normalized spacial score (nSPS) is 20.2. The highest BCUT2D eigenvalue weighted by Gasteiger charge is 2.42. The van der Waals surface area contributed by atoms with Crippen molar-refractivity contribution in [2.45, 2.75) is 31.8 Å². The van der Waals surface area contributed by atoms with Crippen LogP contribution >= 0.6 is 0 Å². The fourth-order valence-corrected chi connectivity index (χ4v) is 3.88. The summed E-state index contributed by atoms with van der Waals surface area (Å²) in [5.74, 6) is 2.09. The Hall–Kier alpha value is -1.99. The van der Waals surface area contributed by atoms with E-state index in [1.54, 1.807) is 14.2 Å². The molecule has 1 amide bonds. The van der Waals surface area contributed by atoms with Crippen LogP contribution in [-0.2, 0) is 9.53 Å². The van der Waals surface area contributed by atoms with E-state index in [4.69, 9.17) is 24.7 Å². The molecule has 7 nitrogen and oxygen atoms in total. The molecule has 2 aliphatic heterocycles. The topological polar surface area (TPSA) is 83.2 Å². The van der Waals surface area contributed by atoms with Crippen LogP contribution in [0.1, 0.15) is 25.7 Å². The summed E-state index contributed by atoms with van der Waals surface area (Å²) in [5, 5.41) is 0. The Balaban J connectivity index is 1.62. The molecular formula is C20H30N2O5. The van der Waals surface area contributed by atoms with Gasteiger partial charge in [0, 0.05) is 45.7 Å². The average molecular weight is 378 g/mol. The van der Waals surface area contributed by atoms with Gasteiger partial charge in [-0.15, -0.1) is 0 Å². The van der Waals surface area contributed by atoms with Crippen molar-refractivity contribution in [3.63, 3.8) is 0 Å². The molecule has 150 valence electrons. The number of hydrogen-bond acceptors (Lipinski definition) is 6. The number of nitrogens with zero attached hydrogens (tertiary/aromatic N) is 1. The number of carbonyl (C=O) groups is 1. The van der Waals surface area contributed by atoms with Crippen molar-refractivity contribution < 1.29 is 23.7 Å².